The second kappa shape index (κ2) is 5.91. The van der Waals surface area contributed by atoms with E-state index in [4.69, 9.17) is 0 Å². The van der Waals surface area contributed by atoms with Crippen molar-refractivity contribution in [3.05, 3.63) is 0 Å². The Morgan fingerprint density at radius 2 is 2.05 bits per heavy atom. The molecule has 3 amide bonds. The Kier molecular flexibility index (Phi) is 4.42. The summed E-state index contributed by atoms with van der Waals surface area (Å²) < 4.78 is 0. The van der Waals surface area contributed by atoms with Gasteiger partial charge in [0, 0.05) is 7.05 Å². The molecule has 0 radical (unpaired) electrons. The van der Waals surface area contributed by atoms with E-state index in [-0.39, 0.29) is 29.6 Å². The monoisotopic (exact) mass is 281 g/mol. The highest BCUT2D eigenvalue weighted by Gasteiger charge is 2.43. The van der Waals surface area contributed by atoms with Crippen LogP contribution in [0.1, 0.15) is 39.0 Å². The van der Waals surface area contributed by atoms with Crippen LogP contribution in [0.3, 0.4) is 0 Å². The van der Waals surface area contributed by atoms with Crippen LogP contribution in [0.4, 0.5) is 0 Å². The third-order valence-corrected chi connectivity index (χ3v) is 4.46. The van der Waals surface area contributed by atoms with Gasteiger partial charge in [-0.15, -0.1) is 0 Å². The van der Waals surface area contributed by atoms with Crippen LogP contribution in [-0.4, -0.2) is 48.8 Å². The minimum Gasteiger partial charge on any atom is -0.343 e. The largest absolute Gasteiger partial charge is 0.343 e. The molecule has 0 aliphatic carbocycles. The zero-order valence-electron chi connectivity index (χ0n) is 12.2. The van der Waals surface area contributed by atoms with E-state index in [0.29, 0.717) is 0 Å². The molecule has 2 fully saturated rings. The van der Waals surface area contributed by atoms with Gasteiger partial charge < -0.3 is 10.6 Å². The van der Waals surface area contributed by atoms with E-state index < -0.39 is 6.04 Å². The summed E-state index contributed by atoms with van der Waals surface area (Å²) >= 11 is 0. The van der Waals surface area contributed by atoms with Gasteiger partial charge in [0.05, 0.1) is 11.8 Å². The van der Waals surface area contributed by atoms with Crippen LogP contribution < -0.4 is 10.6 Å². The summed E-state index contributed by atoms with van der Waals surface area (Å²) in [6.45, 7) is 3.71. The molecular weight excluding hydrogens is 258 g/mol. The molecule has 1 atom stereocenters. The summed E-state index contributed by atoms with van der Waals surface area (Å²) in [7, 11) is 1.46. The molecule has 2 aliphatic rings. The highest BCUT2D eigenvalue weighted by Crippen LogP contribution is 2.34. The van der Waals surface area contributed by atoms with E-state index in [1.54, 1.807) is 0 Å². The van der Waals surface area contributed by atoms with Gasteiger partial charge in [-0.25, -0.2) is 0 Å². The lowest BCUT2D eigenvalue weighted by Gasteiger charge is -2.36. The van der Waals surface area contributed by atoms with Crippen molar-refractivity contribution in [3.8, 4) is 0 Å². The molecule has 2 saturated heterocycles. The Labute approximate surface area is 119 Å². The fraction of sp³-hybridized carbons (Fsp3) is 0.786. The number of rotatable bonds is 4. The van der Waals surface area contributed by atoms with Gasteiger partial charge in [0.25, 0.3) is 5.91 Å². The lowest BCUT2D eigenvalue weighted by molar-refractivity contribution is -0.140. The van der Waals surface area contributed by atoms with Crippen LogP contribution in [0, 0.1) is 5.41 Å². The van der Waals surface area contributed by atoms with Crippen LogP contribution in [0.2, 0.25) is 0 Å². The molecule has 0 spiro atoms. The number of hydrogen-bond donors (Lipinski definition) is 2. The fourth-order valence-corrected chi connectivity index (χ4v) is 3.15. The first kappa shape index (κ1) is 15.0. The zero-order valence-corrected chi connectivity index (χ0v) is 12.2. The van der Waals surface area contributed by atoms with E-state index >= 15 is 0 Å². The molecule has 6 nitrogen and oxygen atoms in total. The molecule has 2 rings (SSSR count). The number of carbonyl (C=O) groups is 3. The van der Waals surface area contributed by atoms with E-state index in [1.807, 2.05) is 0 Å². The third kappa shape index (κ3) is 2.70. The van der Waals surface area contributed by atoms with Crippen molar-refractivity contribution in [2.24, 2.45) is 5.41 Å². The van der Waals surface area contributed by atoms with Gasteiger partial charge in [0.15, 0.2) is 0 Å². The molecule has 6 heteroatoms. The predicted molar refractivity (Wildman–Crippen MR) is 73.8 cm³/mol. The van der Waals surface area contributed by atoms with Gasteiger partial charge in [0.2, 0.25) is 11.8 Å². The number of nitrogens with zero attached hydrogens (tertiary/aromatic N) is 1. The van der Waals surface area contributed by atoms with Gasteiger partial charge in [-0.3, -0.25) is 19.3 Å². The van der Waals surface area contributed by atoms with E-state index in [9.17, 15) is 14.4 Å². The first-order chi connectivity index (χ1) is 9.50. The molecule has 2 N–H and O–H groups in total. The van der Waals surface area contributed by atoms with Crippen molar-refractivity contribution >= 4 is 17.7 Å². The number of piperidine rings is 1. The van der Waals surface area contributed by atoms with Crippen LogP contribution in [0.25, 0.3) is 0 Å². The van der Waals surface area contributed by atoms with Crippen molar-refractivity contribution in [3.63, 3.8) is 0 Å². The molecule has 20 heavy (non-hydrogen) atoms. The lowest BCUT2D eigenvalue weighted by Crippen LogP contribution is -2.51. The molecule has 0 bridgehead atoms. The molecule has 0 aromatic carbocycles. The Bertz CT molecular complexity index is 410. The van der Waals surface area contributed by atoms with Gasteiger partial charge in [0.1, 0.15) is 6.04 Å². The van der Waals surface area contributed by atoms with Crippen molar-refractivity contribution in [1.82, 2.24) is 15.5 Å². The number of imide groups is 1. The summed E-state index contributed by atoms with van der Waals surface area (Å²) in [4.78, 5) is 37.1. The maximum absolute atomic E-state index is 12.6. The van der Waals surface area contributed by atoms with Gasteiger partial charge >= 0.3 is 0 Å². The molecule has 112 valence electrons. The Morgan fingerprint density at radius 3 is 2.55 bits per heavy atom. The minimum atomic E-state index is -0.677. The van der Waals surface area contributed by atoms with Crippen LogP contribution in [0.5, 0.6) is 0 Å². The molecule has 1 unspecified atom stereocenters. The number of amides is 3. The normalized spacial score (nSPS) is 25.9. The second-order valence-electron chi connectivity index (χ2n) is 5.80. The summed E-state index contributed by atoms with van der Waals surface area (Å²) in [6.07, 6.45) is 3.42. The quantitative estimate of drug-likeness (QED) is 0.713. The number of nitrogens with one attached hydrogen (secondary N) is 2. The summed E-state index contributed by atoms with van der Waals surface area (Å²) in [5, 5.41) is 6.07. The van der Waals surface area contributed by atoms with Gasteiger partial charge in [-0.2, -0.15) is 0 Å². The van der Waals surface area contributed by atoms with Crippen molar-refractivity contribution in [2.45, 2.75) is 45.1 Å². The Hall–Kier alpha value is -1.43. The first-order valence-electron chi connectivity index (χ1n) is 7.32. The maximum atomic E-state index is 12.6. The molecule has 2 aliphatic heterocycles. The van der Waals surface area contributed by atoms with Crippen molar-refractivity contribution in [2.75, 3.05) is 20.1 Å². The number of likely N-dealkylation sites (N-methyl/N-ethyl adjacent to an activating group) is 1. The summed E-state index contributed by atoms with van der Waals surface area (Å²) in [5.41, 5.74) is -0.384. The van der Waals surface area contributed by atoms with Gasteiger partial charge in [-0.1, -0.05) is 13.3 Å². The second-order valence-corrected chi connectivity index (χ2v) is 5.80. The molecule has 0 saturated carbocycles. The summed E-state index contributed by atoms with van der Waals surface area (Å²) in [6, 6.07) is -0.677. The topological polar surface area (TPSA) is 78.5 Å². The lowest BCUT2D eigenvalue weighted by atomic mass is 9.74. The maximum Gasteiger partial charge on any atom is 0.252 e. The molecule has 0 aromatic rings. The van der Waals surface area contributed by atoms with Crippen molar-refractivity contribution in [1.29, 1.82) is 0 Å². The van der Waals surface area contributed by atoms with Crippen LogP contribution in [0.15, 0.2) is 0 Å². The first-order valence-corrected chi connectivity index (χ1v) is 7.32. The highest BCUT2D eigenvalue weighted by atomic mass is 16.2. The minimum absolute atomic E-state index is 0.0673. The molecular formula is C14H23N3O3. The molecule has 2 heterocycles. The zero-order chi connectivity index (χ0) is 14.8. The van der Waals surface area contributed by atoms with E-state index in [1.165, 1.54) is 7.05 Å². The molecule has 0 aromatic heterocycles. The standard InChI is InChI=1S/C14H23N3O3/c1-3-4-14(5-7-15-8-6-14)13(20)16-10-9-11(18)17(2)12(10)19/h10,15H,3-9H2,1-2H3,(H,16,20). The van der Waals surface area contributed by atoms with E-state index in [2.05, 4.69) is 17.6 Å². The van der Waals surface area contributed by atoms with Crippen LogP contribution >= 0.6 is 0 Å². The third-order valence-electron chi connectivity index (χ3n) is 4.46. The number of carbonyl (C=O) groups excluding carboxylic acids is 3. The average Bonchev–Trinajstić information content (AvgIpc) is 2.68. The highest BCUT2D eigenvalue weighted by molar-refractivity contribution is 6.06. The fourth-order valence-electron chi connectivity index (χ4n) is 3.15. The van der Waals surface area contributed by atoms with Crippen molar-refractivity contribution < 1.29 is 14.4 Å². The van der Waals surface area contributed by atoms with E-state index in [0.717, 1.165) is 43.7 Å². The predicted octanol–water partition coefficient (Wildman–Crippen LogP) is 0.0298. The average molecular weight is 281 g/mol. The number of likely N-dealkylation sites (tertiary alicyclic amines) is 1. The smallest absolute Gasteiger partial charge is 0.252 e. The van der Waals surface area contributed by atoms with Gasteiger partial charge in [-0.05, 0) is 32.4 Å². The summed E-state index contributed by atoms with van der Waals surface area (Å²) in [5.74, 6) is -0.596. The Morgan fingerprint density at radius 1 is 1.40 bits per heavy atom. The number of hydrogen-bond acceptors (Lipinski definition) is 4. The van der Waals surface area contributed by atoms with Crippen LogP contribution in [-0.2, 0) is 14.4 Å². The SMILES string of the molecule is CCCC1(C(=O)NC2CC(=O)N(C)C2=O)CCNCC1. The Balaban J connectivity index is 2.05.